The van der Waals surface area contributed by atoms with Gasteiger partial charge in [-0.3, -0.25) is 0 Å². The average molecular weight is 186 g/mol. The third kappa shape index (κ3) is 2.64. The van der Waals surface area contributed by atoms with Crippen molar-refractivity contribution in [1.29, 1.82) is 0 Å². The van der Waals surface area contributed by atoms with Crippen LogP contribution in [0, 0.1) is 0 Å². The van der Waals surface area contributed by atoms with E-state index >= 15 is 0 Å². The summed E-state index contributed by atoms with van der Waals surface area (Å²) in [4.78, 5) is 0. The fourth-order valence-corrected chi connectivity index (χ4v) is 0.994. The van der Waals surface area contributed by atoms with Crippen LogP contribution in [0.4, 0.5) is 17.6 Å². The summed E-state index contributed by atoms with van der Waals surface area (Å²) < 4.78 is 50.6. The van der Waals surface area contributed by atoms with E-state index in [0.29, 0.717) is 0 Å². The van der Waals surface area contributed by atoms with Crippen molar-refractivity contribution in [2.24, 2.45) is 0 Å². The number of halogens is 4. The summed E-state index contributed by atoms with van der Waals surface area (Å²) in [5.41, 5.74) is 0. The van der Waals surface area contributed by atoms with Crippen LogP contribution in [0.1, 0.15) is 39.5 Å². The molecule has 0 amide bonds. The summed E-state index contributed by atoms with van der Waals surface area (Å²) in [6, 6.07) is 0. The van der Waals surface area contributed by atoms with Crippen molar-refractivity contribution in [3.05, 3.63) is 0 Å². The van der Waals surface area contributed by atoms with Crippen LogP contribution in [0.5, 0.6) is 0 Å². The van der Waals surface area contributed by atoms with Gasteiger partial charge in [-0.05, 0) is 0 Å². The van der Waals surface area contributed by atoms with E-state index in [1.54, 1.807) is 0 Å². The molecule has 0 atom stereocenters. The molecule has 0 aromatic carbocycles. The van der Waals surface area contributed by atoms with E-state index in [2.05, 4.69) is 0 Å². The maximum Gasteiger partial charge on any atom is 0.310 e. The highest BCUT2D eigenvalue weighted by atomic mass is 19.3. The molecule has 0 aliphatic heterocycles. The second kappa shape index (κ2) is 4.10. The topological polar surface area (TPSA) is 0 Å². The Hall–Kier alpha value is -0.280. The van der Waals surface area contributed by atoms with Crippen molar-refractivity contribution in [2.45, 2.75) is 51.4 Å². The first-order valence-corrected chi connectivity index (χ1v) is 4.13. The van der Waals surface area contributed by atoms with Gasteiger partial charge in [0.1, 0.15) is 0 Å². The van der Waals surface area contributed by atoms with Gasteiger partial charge in [-0.25, -0.2) is 0 Å². The molecular formula is C8H14F4. The average Bonchev–Trinajstić information content (AvgIpc) is 1.86. The summed E-state index contributed by atoms with van der Waals surface area (Å²) in [5.74, 6) is -7.67. The lowest BCUT2D eigenvalue weighted by atomic mass is 10.0. The molecule has 0 radical (unpaired) electrons. The Bertz CT molecular complexity index is 115. The minimum atomic E-state index is -3.84. The van der Waals surface area contributed by atoms with E-state index in [4.69, 9.17) is 0 Å². The van der Waals surface area contributed by atoms with Crippen LogP contribution >= 0.6 is 0 Å². The van der Waals surface area contributed by atoms with E-state index in [1.165, 1.54) is 13.8 Å². The maximum atomic E-state index is 12.6. The van der Waals surface area contributed by atoms with Crippen LogP contribution in [0.15, 0.2) is 0 Å². The zero-order valence-electron chi connectivity index (χ0n) is 7.34. The molecule has 74 valence electrons. The minimum Gasteiger partial charge on any atom is -0.200 e. The molecule has 0 N–H and O–H groups in total. The molecule has 0 spiro atoms. The zero-order chi connectivity index (χ0) is 9.83. The first-order valence-electron chi connectivity index (χ1n) is 4.13. The van der Waals surface area contributed by atoms with Gasteiger partial charge in [-0.1, -0.05) is 26.7 Å². The van der Waals surface area contributed by atoms with Crippen LogP contribution in [0.2, 0.25) is 0 Å². The van der Waals surface area contributed by atoms with Crippen molar-refractivity contribution < 1.29 is 17.6 Å². The Morgan fingerprint density at radius 2 is 1.00 bits per heavy atom. The predicted molar refractivity (Wildman–Crippen MR) is 39.7 cm³/mol. The quantitative estimate of drug-likeness (QED) is 0.572. The van der Waals surface area contributed by atoms with Crippen LogP contribution < -0.4 is 0 Å². The highest BCUT2D eigenvalue weighted by Crippen LogP contribution is 2.40. The third-order valence-electron chi connectivity index (χ3n) is 1.66. The molecule has 0 fully saturated rings. The summed E-state index contributed by atoms with van der Waals surface area (Å²) in [6.45, 7) is 2.94. The third-order valence-corrected chi connectivity index (χ3v) is 1.66. The van der Waals surface area contributed by atoms with Crippen molar-refractivity contribution in [3.8, 4) is 0 Å². The molecule has 0 unspecified atom stereocenters. The zero-order valence-corrected chi connectivity index (χ0v) is 7.34. The predicted octanol–water partition coefficient (Wildman–Crippen LogP) is 3.86. The highest BCUT2D eigenvalue weighted by Gasteiger charge is 2.53. The second-order valence-corrected chi connectivity index (χ2v) is 2.91. The van der Waals surface area contributed by atoms with Crippen LogP contribution in [0.3, 0.4) is 0 Å². The molecule has 0 heterocycles. The molecule has 0 saturated carbocycles. The molecule has 0 rings (SSSR count). The molecule has 0 aliphatic carbocycles. The van der Waals surface area contributed by atoms with E-state index in [1.807, 2.05) is 0 Å². The van der Waals surface area contributed by atoms with Gasteiger partial charge in [-0.2, -0.15) is 17.6 Å². The smallest absolute Gasteiger partial charge is 0.200 e. The Kier molecular flexibility index (Phi) is 4.00. The van der Waals surface area contributed by atoms with Crippen molar-refractivity contribution in [2.75, 3.05) is 0 Å². The molecule has 0 aliphatic rings. The Morgan fingerprint density at radius 3 is 1.17 bits per heavy atom. The van der Waals surface area contributed by atoms with Crippen LogP contribution in [0.25, 0.3) is 0 Å². The van der Waals surface area contributed by atoms with Crippen LogP contribution in [-0.4, -0.2) is 11.8 Å². The van der Waals surface area contributed by atoms with E-state index in [9.17, 15) is 17.6 Å². The molecular weight excluding hydrogens is 172 g/mol. The van der Waals surface area contributed by atoms with Crippen LogP contribution in [-0.2, 0) is 0 Å². The molecule has 12 heavy (non-hydrogen) atoms. The number of hydrogen-bond acceptors (Lipinski definition) is 0. The van der Waals surface area contributed by atoms with Crippen molar-refractivity contribution in [1.82, 2.24) is 0 Å². The molecule has 0 aromatic heterocycles. The standard InChI is InChI=1S/C8H14F4/c1-3-5-7(9,10)8(11,12)6-4-2/h3-6H2,1-2H3. The molecule has 0 bridgehead atoms. The summed E-state index contributed by atoms with van der Waals surface area (Å²) in [5, 5.41) is 0. The second-order valence-electron chi connectivity index (χ2n) is 2.91. The summed E-state index contributed by atoms with van der Waals surface area (Å²) >= 11 is 0. The van der Waals surface area contributed by atoms with Gasteiger partial charge in [0.2, 0.25) is 0 Å². The van der Waals surface area contributed by atoms with Crippen molar-refractivity contribution >= 4 is 0 Å². The fraction of sp³-hybridized carbons (Fsp3) is 1.00. The Balaban J connectivity index is 4.28. The van der Waals surface area contributed by atoms with Gasteiger partial charge < -0.3 is 0 Å². The SMILES string of the molecule is CCCC(F)(F)C(F)(F)CCC. The van der Waals surface area contributed by atoms with Gasteiger partial charge in [0, 0.05) is 12.8 Å². The van der Waals surface area contributed by atoms with Gasteiger partial charge in [-0.15, -0.1) is 0 Å². The van der Waals surface area contributed by atoms with Crippen molar-refractivity contribution in [3.63, 3.8) is 0 Å². The number of hydrogen-bond donors (Lipinski definition) is 0. The van der Waals surface area contributed by atoms with Gasteiger partial charge in [0.25, 0.3) is 0 Å². The fourth-order valence-electron chi connectivity index (χ4n) is 0.994. The van der Waals surface area contributed by atoms with Gasteiger partial charge >= 0.3 is 11.8 Å². The van der Waals surface area contributed by atoms with Gasteiger partial charge in [0.05, 0.1) is 0 Å². The lowest BCUT2D eigenvalue weighted by Gasteiger charge is -2.25. The molecule has 0 saturated heterocycles. The van der Waals surface area contributed by atoms with E-state index in [-0.39, 0.29) is 12.8 Å². The molecule has 4 heteroatoms. The number of alkyl halides is 4. The number of rotatable bonds is 5. The Labute approximate surface area is 70.0 Å². The lowest BCUT2D eigenvalue weighted by molar-refractivity contribution is -0.215. The van der Waals surface area contributed by atoms with E-state index in [0.717, 1.165) is 0 Å². The minimum absolute atomic E-state index is 0.0757. The summed E-state index contributed by atoms with van der Waals surface area (Å²) in [7, 11) is 0. The monoisotopic (exact) mass is 186 g/mol. The molecule has 0 aromatic rings. The lowest BCUT2D eigenvalue weighted by Crippen LogP contribution is -2.40. The first kappa shape index (κ1) is 11.7. The maximum absolute atomic E-state index is 12.6. The largest absolute Gasteiger partial charge is 0.310 e. The molecule has 0 nitrogen and oxygen atoms in total. The van der Waals surface area contributed by atoms with E-state index < -0.39 is 24.7 Å². The van der Waals surface area contributed by atoms with Gasteiger partial charge in [0.15, 0.2) is 0 Å². The Morgan fingerprint density at radius 1 is 0.750 bits per heavy atom. The normalized spacial score (nSPS) is 13.5. The highest BCUT2D eigenvalue weighted by molar-refractivity contribution is 4.83. The summed E-state index contributed by atoms with van der Waals surface area (Å²) in [6.07, 6.45) is -1.32. The first-order chi connectivity index (χ1) is 5.37.